The molecule has 0 spiro atoms. The van der Waals surface area contributed by atoms with E-state index in [2.05, 4.69) is 0 Å². The van der Waals surface area contributed by atoms with Crippen LogP contribution in [0.25, 0.3) is 5.76 Å². The summed E-state index contributed by atoms with van der Waals surface area (Å²) in [7, 11) is 0. The number of rotatable bonds is 5. The number of nitro benzene ring substituents is 1. The highest BCUT2D eigenvalue weighted by atomic mass is 35.5. The number of aliphatic hydroxyl groups excluding tert-OH is 1. The van der Waals surface area contributed by atoms with Crippen molar-refractivity contribution >= 4 is 46.3 Å². The molecule has 3 rings (SSSR count). The number of phenolic OH excluding ortho intramolecular Hbond substituents is 1. The lowest BCUT2D eigenvalue weighted by Crippen LogP contribution is -2.30. The number of hydrogen-bond acceptors (Lipinski definition) is 6. The van der Waals surface area contributed by atoms with Crippen LogP contribution in [0.2, 0.25) is 10.0 Å². The minimum Gasteiger partial charge on any atom is -0.507 e. The van der Waals surface area contributed by atoms with Gasteiger partial charge in [-0.3, -0.25) is 19.7 Å². The van der Waals surface area contributed by atoms with Gasteiger partial charge in [-0.25, -0.2) is 0 Å². The molecule has 1 aliphatic rings. The zero-order valence-corrected chi connectivity index (χ0v) is 17.1. The molecule has 1 atom stereocenters. The van der Waals surface area contributed by atoms with Crippen LogP contribution in [0.3, 0.4) is 0 Å². The molecule has 1 amide bonds. The Kier molecular flexibility index (Phi) is 6.00. The lowest BCUT2D eigenvalue weighted by atomic mass is 9.94. The quantitative estimate of drug-likeness (QED) is 0.228. The van der Waals surface area contributed by atoms with Gasteiger partial charge in [-0.15, -0.1) is 0 Å². The number of halogens is 2. The van der Waals surface area contributed by atoms with Crippen molar-refractivity contribution < 1.29 is 24.7 Å². The molecule has 0 bridgehead atoms. The SMILES string of the molecule is CCCN1C(=O)C(=O)/C(=C(\O)c2ccc(Cl)c(Cl)c2)C1c1ccc(O)c([N+](=O)[O-])c1. The molecule has 0 aliphatic carbocycles. The summed E-state index contributed by atoms with van der Waals surface area (Å²) in [4.78, 5) is 37.1. The molecular formula is C20H16Cl2N2O6. The molecule has 1 aliphatic heterocycles. The van der Waals surface area contributed by atoms with Gasteiger partial charge in [-0.2, -0.15) is 0 Å². The van der Waals surface area contributed by atoms with E-state index in [4.69, 9.17) is 23.2 Å². The largest absolute Gasteiger partial charge is 0.507 e. The van der Waals surface area contributed by atoms with E-state index < -0.39 is 39.9 Å². The van der Waals surface area contributed by atoms with Crippen molar-refractivity contribution in [3.8, 4) is 5.75 Å². The Bertz CT molecular complexity index is 1100. The third-order valence-electron chi connectivity index (χ3n) is 4.71. The summed E-state index contributed by atoms with van der Waals surface area (Å²) in [5, 5.41) is 32.2. The molecule has 0 aromatic heterocycles. The second-order valence-electron chi connectivity index (χ2n) is 6.63. The summed E-state index contributed by atoms with van der Waals surface area (Å²) in [6, 6.07) is 6.70. The highest BCUT2D eigenvalue weighted by Gasteiger charge is 2.46. The Morgan fingerprint density at radius 2 is 1.87 bits per heavy atom. The number of carbonyl (C=O) groups is 2. The number of aromatic hydroxyl groups is 1. The van der Waals surface area contributed by atoms with Gasteiger partial charge in [0.15, 0.2) is 5.75 Å². The number of ketones is 1. The molecule has 0 saturated carbocycles. The van der Waals surface area contributed by atoms with Crippen LogP contribution in [0.4, 0.5) is 5.69 Å². The van der Waals surface area contributed by atoms with Crippen LogP contribution in [0.1, 0.15) is 30.5 Å². The third kappa shape index (κ3) is 3.71. The van der Waals surface area contributed by atoms with Crippen LogP contribution in [-0.4, -0.2) is 38.3 Å². The first-order valence-corrected chi connectivity index (χ1v) is 9.64. The summed E-state index contributed by atoms with van der Waals surface area (Å²) < 4.78 is 0. The fraction of sp³-hybridized carbons (Fsp3) is 0.200. The van der Waals surface area contributed by atoms with Gasteiger partial charge in [0.25, 0.3) is 11.7 Å². The molecule has 2 aromatic carbocycles. The van der Waals surface area contributed by atoms with Crippen LogP contribution in [0, 0.1) is 10.1 Å². The van der Waals surface area contributed by atoms with Gasteiger partial charge in [-0.1, -0.05) is 36.2 Å². The molecule has 8 nitrogen and oxygen atoms in total. The second kappa shape index (κ2) is 8.33. The lowest BCUT2D eigenvalue weighted by molar-refractivity contribution is -0.385. The van der Waals surface area contributed by atoms with Crippen LogP contribution < -0.4 is 0 Å². The van der Waals surface area contributed by atoms with Crippen molar-refractivity contribution in [1.29, 1.82) is 0 Å². The Balaban J connectivity index is 2.25. The molecule has 1 fully saturated rings. The zero-order valence-electron chi connectivity index (χ0n) is 15.6. The maximum Gasteiger partial charge on any atom is 0.311 e. The summed E-state index contributed by atoms with van der Waals surface area (Å²) in [5.41, 5.74) is -0.443. The third-order valence-corrected chi connectivity index (χ3v) is 5.45. The highest BCUT2D eigenvalue weighted by Crippen LogP contribution is 2.42. The topological polar surface area (TPSA) is 121 Å². The number of nitrogens with zero attached hydrogens (tertiary/aromatic N) is 2. The molecule has 2 N–H and O–H groups in total. The van der Waals surface area contributed by atoms with E-state index in [0.29, 0.717) is 6.42 Å². The summed E-state index contributed by atoms with van der Waals surface area (Å²) in [6.07, 6.45) is 0.510. The average molecular weight is 451 g/mol. The van der Waals surface area contributed by atoms with Crippen LogP contribution in [-0.2, 0) is 9.59 Å². The van der Waals surface area contributed by atoms with E-state index in [-0.39, 0.29) is 33.3 Å². The van der Waals surface area contributed by atoms with E-state index in [1.54, 1.807) is 6.92 Å². The van der Waals surface area contributed by atoms with Gasteiger partial charge in [0.05, 0.1) is 26.6 Å². The molecule has 10 heteroatoms. The van der Waals surface area contributed by atoms with Crippen molar-refractivity contribution in [3.05, 3.63) is 73.3 Å². The average Bonchev–Trinajstić information content (AvgIpc) is 2.95. The predicted octanol–water partition coefficient (Wildman–Crippen LogP) is 4.44. The number of carbonyl (C=O) groups excluding carboxylic acids is 2. The van der Waals surface area contributed by atoms with Gasteiger partial charge in [0.2, 0.25) is 0 Å². The van der Waals surface area contributed by atoms with Crippen molar-refractivity contribution in [1.82, 2.24) is 4.90 Å². The molecule has 2 aromatic rings. The molecule has 156 valence electrons. The van der Waals surface area contributed by atoms with Crippen molar-refractivity contribution in [2.75, 3.05) is 6.54 Å². The standard InChI is InChI=1S/C20H16Cl2N2O6/c1-2-7-23-17(10-4-6-15(25)14(9-10)24(29)30)16(19(27)20(23)28)18(26)11-3-5-12(21)13(22)8-11/h3-6,8-9,17,25-26H,2,7H2,1H3/b18-16-. The summed E-state index contributed by atoms with van der Waals surface area (Å²) >= 11 is 11.9. The van der Waals surface area contributed by atoms with Crippen molar-refractivity contribution in [2.24, 2.45) is 0 Å². The Hall–Kier alpha value is -3.10. The molecule has 30 heavy (non-hydrogen) atoms. The molecule has 1 unspecified atom stereocenters. The normalized spacial score (nSPS) is 18.1. The number of phenols is 1. The number of likely N-dealkylation sites (tertiary alicyclic amines) is 1. The zero-order chi connectivity index (χ0) is 22.2. The van der Waals surface area contributed by atoms with Gasteiger partial charge in [0, 0.05) is 18.2 Å². The van der Waals surface area contributed by atoms with Crippen LogP contribution in [0.15, 0.2) is 42.0 Å². The van der Waals surface area contributed by atoms with Crippen LogP contribution >= 0.6 is 23.2 Å². The minimum absolute atomic E-state index is 0.139. The molecular weight excluding hydrogens is 435 g/mol. The molecule has 1 saturated heterocycles. The monoisotopic (exact) mass is 450 g/mol. The maximum absolute atomic E-state index is 12.8. The number of nitro groups is 1. The maximum atomic E-state index is 12.8. The lowest BCUT2D eigenvalue weighted by Gasteiger charge is -2.24. The minimum atomic E-state index is -1.07. The fourth-order valence-corrected chi connectivity index (χ4v) is 3.65. The second-order valence-corrected chi connectivity index (χ2v) is 7.44. The Labute approximate surface area is 181 Å². The first-order valence-electron chi connectivity index (χ1n) is 8.88. The predicted molar refractivity (Wildman–Crippen MR) is 111 cm³/mol. The van der Waals surface area contributed by atoms with E-state index in [1.807, 2.05) is 0 Å². The summed E-state index contributed by atoms with van der Waals surface area (Å²) in [6.45, 7) is 1.98. The van der Waals surface area contributed by atoms with E-state index in [1.165, 1.54) is 29.2 Å². The van der Waals surface area contributed by atoms with E-state index in [9.17, 15) is 29.9 Å². The van der Waals surface area contributed by atoms with Gasteiger partial charge in [-0.05, 0) is 36.2 Å². The van der Waals surface area contributed by atoms with Gasteiger partial charge < -0.3 is 15.1 Å². The Morgan fingerprint density at radius 3 is 2.47 bits per heavy atom. The van der Waals surface area contributed by atoms with Crippen LogP contribution in [0.5, 0.6) is 5.75 Å². The number of Topliss-reactive ketones (excluding diaryl/α,β-unsaturated/α-hetero) is 1. The number of amides is 1. The smallest absolute Gasteiger partial charge is 0.311 e. The molecule has 0 radical (unpaired) electrons. The number of benzene rings is 2. The number of hydrogen-bond donors (Lipinski definition) is 2. The van der Waals surface area contributed by atoms with E-state index in [0.717, 1.165) is 12.1 Å². The summed E-state index contributed by atoms with van der Waals surface area (Å²) in [5.74, 6) is -2.79. The highest BCUT2D eigenvalue weighted by molar-refractivity contribution is 6.46. The first-order chi connectivity index (χ1) is 14.2. The Morgan fingerprint density at radius 1 is 1.17 bits per heavy atom. The number of aliphatic hydroxyl groups is 1. The van der Waals surface area contributed by atoms with Gasteiger partial charge in [0.1, 0.15) is 5.76 Å². The van der Waals surface area contributed by atoms with Gasteiger partial charge >= 0.3 is 5.69 Å². The van der Waals surface area contributed by atoms with E-state index >= 15 is 0 Å². The molecule has 1 heterocycles. The van der Waals surface area contributed by atoms with Crippen molar-refractivity contribution in [2.45, 2.75) is 19.4 Å². The first kappa shape index (κ1) is 21.6. The van der Waals surface area contributed by atoms with Crippen molar-refractivity contribution in [3.63, 3.8) is 0 Å². The fourth-order valence-electron chi connectivity index (χ4n) is 3.35.